The van der Waals surface area contributed by atoms with Gasteiger partial charge in [-0.15, -0.1) is 0 Å². The number of carbonyl (C=O) groups is 1. The molecule has 1 aromatic heterocycles. The van der Waals surface area contributed by atoms with Gasteiger partial charge in [-0.05, 0) is 18.2 Å². The minimum absolute atomic E-state index is 0.0307. The maximum atomic E-state index is 13.6. The van der Waals surface area contributed by atoms with E-state index in [1.807, 2.05) is 0 Å². The van der Waals surface area contributed by atoms with Crippen molar-refractivity contribution in [2.75, 3.05) is 12.8 Å². The Morgan fingerprint density at radius 3 is 2.70 bits per heavy atom. The molecule has 1 heterocycles. The number of hydrogen-bond donors (Lipinski definition) is 2. The van der Waals surface area contributed by atoms with E-state index in [4.69, 9.17) is 20.9 Å². The van der Waals surface area contributed by atoms with Crippen LogP contribution in [-0.2, 0) is 0 Å². The summed E-state index contributed by atoms with van der Waals surface area (Å²) in [6.45, 7) is 0. The van der Waals surface area contributed by atoms with Gasteiger partial charge >= 0.3 is 0 Å². The summed E-state index contributed by atoms with van der Waals surface area (Å²) in [5.74, 6) is -1.46. The maximum Gasteiger partial charge on any atom is 0.255 e. The number of anilines is 1. The normalized spacial score (nSPS) is 10.1. The lowest BCUT2D eigenvalue weighted by atomic mass is 10.2. The van der Waals surface area contributed by atoms with Crippen LogP contribution in [0.2, 0.25) is 0 Å². The summed E-state index contributed by atoms with van der Waals surface area (Å²) in [6.07, 6.45) is 0. The Balaban J connectivity index is 2.40. The van der Waals surface area contributed by atoms with Gasteiger partial charge in [0.2, 0.25) is 11.8 Å². The third-order valence-electron chi connectivity index (χ3n) is 2.49. The molecule has 0 unspecified atom stereocenters. The first-order valence-electron chi connectivity index (χ1n) is 5.59. The van der Waals surface area contributed by atoms with Gasteiger partial charge in [0, 0.05) is 6.07 Å². The number of ether oxygens (including phenoxy) is 2. The molecule has 1 aromatic carbocycles. The highest BCUT2D eigenvalue weighted by Gasteiger charge is 2.16. The van der Waals surface area contributed by atoms with E-state index in [1.54, 1.807) is 0 Å². The molecule has 0 aliphatic heterocycles. The highest BCUT2D eigenvalue weighted by Crippen LogP contribution is 2.28. The molecule has 0 fully saturated rings. The average Bonchev–Trinajstić information content (AvgIpc) is 2.40. The molecule has 1 amide bonds. The van der Waals surface area contributed by atoms with Crippen molar-refractivity contribution in [1.29, 1.82) is 0 Å². The summed E-state index contributed by atoms with van der Waals surface area (Å²) in [6, 6.07) is 6.90. The molecule has 0 saturated heterocycles. The van der Waals surface area contributed by atoms with Crippen molar-refractivity contribution in [3.8, 4) is 17.5 Å². The van der Waals surface area contributed by atoms with Crippen LogP contribution in [0.3, 0.4) is 0 Å². The molecule has 2 aromatic rings. The zero-order valence-corrected chi connectivity index (χ0v) is 10.6. The fraction of sp³-hybridized carbons (Fsp3) is 0.0769. The molecule has 20 heavy (non-hydrogen) atoms. The Kier molecular flexibility index (Phi) is 3.69. The summed E-state index contributed by atoms with van der Waals surface area (Å²) in [5.41, 5.74) is 10.7. The lowest BCUT2D eigenvalue weighted by Gasteiger charge is -2.10. The third kappa shape index (κ3) is 2.61. The van der Waals surface area contributed by atoms with E-state index in [-0.39, 0.29) is 23.1 Å². The Hall–Kier alpha value is -2.83. The third-order valence-corrected chi connectivity index (χ3v) is 2.49. The van der Waals surface area contributed by atoms with Gasteiger partial charge in [-0.3, -0.25) is 4.79 Å². The van der Waals surface area contributed by atoms with E-state index >= 15 is 0 Å². The minimum Gasteiger partial charge on any atom is -0.479 e. The van der Waals surface area contributed by atoms with Gasteiger partial charge < -0.3 is 20.9 Å². The van der Waals surface area contributed by atoms with Crippen LogP contribution in [0, 0.1) is 5.82 Å². The summed E-state index contributed by atoms with van der Waals surface area (Å²) in [4.78, 5) is 15.2. The highest BCUT2D eigenvalue weighted by molar-refractivity contribution is 5.96. The van der Waals surface area contributed by atoms with E-state index in [0.29, 0.717) is 5.69 Å². The Labute approximate surface area is 114 Å². The van der Waals surface area contributed by atoms with Crippen LogP contribution in [0.15, 0.2) is 30.3 Å². The standard InChI is InChI=1S/C13H12FN3O3/c1-19-13-8(15)5-6-10(17-13)20-9-4-2-3-7(14)11(9)12(16)18/h2-6H,15H2,1H3,(H2,16,18). The number of benzene rings is 1. The van der Waals surface area contributed by atoms with E-state index in [9.17, 15) is 9.18 Å². The van der Waals surface area contributed by atoms with E-state index in [0.717, 1.165) is 6.07 Å². The van der Waals surface area contributed by atoms with Crippen LogP contribution in [0.25, 0.3) is 0 Å². The predicted octanol–water partition coefficient (Wildman–Crippen LogP) is 1.70. The molecular formula is C13H12FN3O3. The second kappa shape index (κ2) is 5.43. The Bertz CT molecular complexity index is 661. The van der Waals surface area contributed by atoms with Gasteiger partial charge in [-0.2, -0.15) is 4.98 Å². The average molecular weight is 277 g/mol. The number of aromatic nitrogens is 1. The number of nitrogens with zero attached hydrogens (tertiary/aromatic N) is 1. The second-order valence-electron chi connectivity index (χ2n) is 3.83. The topological polar surface area (TPSA) is 100 Å². The van der Waals surface area contributed by atoms with E-state index < -0.39 is 11.7 Å². The summed E-state index contributed by atoms with van der Waals surface area (Å²) < 4.78 is 23.9. The number of nitrogen functional groups attached to an aromatic ring is 1. The van der Waals surface area contributed by atoms with Crippen molar-refractivity contribution in [2.24, 2.45) is 5.73 Å². The van der Waals surface area contributed by atoms with Gasteiger partial charge in [0.25, 0.3) is 5.91 Å². The van der Waals surface area contributed by atoms with Crippen molar-refractivity contribution >= 4 is 11.6 Å². The first-order chi connectivity index (χ1) is 9.52. The van der Waals surface area contributed by atoms with Crippen molar-refractivity contribution < 1.29 is 18.7 Å². The molecule has 0 atom stereocenters. The smallest absolute Gasteiger partial charge is 0.255 e. The zero-order chi connectivity index (χ0) is 14.7. The number of pyridine rings is 1. The lowest BCUT2D eigenvalue weighted by molar-refractivity contribution is 0.0994. The molecule has 7 heteroatoms. The fourth-order valence-corrected chi connectivity index (χ4v) is 1.60. The molecule has 4 N–H and O–H groups in total. The molecule has 0 aliphatic rings. The molecule has 6 nitrogen and oxygen atoms in total. The van der Waals surface area contributed by atoms with E-state index in [2.05, 4.69) is 4.98 Å². The van der Waals surface area contributed by atoms with Crippen molar-refractivity contribution in [2.45, 2.75) is 0 Å². The Morgan fingerprint density at radius 2 is 2.05 bits per heavy atom. The molecule has 0 radical (unpaired) electrons. The molecular weight excluding hydrogens is 265 g/mol. The molecule has 0 aliphatic carbocycles. The number of halogens is 1. The van der Waals surface area contributed by atoms with E-state index in [1.165, 1.54) is 31.4 Å². The first-order valence-corrected chi connectivity index (χ1v) is 5.59. The van der Waals surface area contributed by atoms with Gasteiger partial charge in [-0.25, -0.2) is 4.39 Å². The Morgan fingerprint density at radius 1 is 1.30 bits per heavy atom. The number of carbonyl (C=O) groups excluding carboxylic acids is 1. The minimum atomic E-state index is -0.930. The molecule has 0 bridgehead atoms. The summed E-state index contributed by atoms with van der Waals surface area (Å²) in [5, 5.41) is 0. The van der Waals surface area contributed by atoms with Crippen LogP contribution in [0.1, 0.15) is 10.4 Å². The van der Waals surface area contributed by atoms with Gasteiger partial charge in [0.05, 0.1) is 12.8 Å². The van der Waals surface area contributed by atoms with Gasteiger partial charge in [0.15, 0.2) is 0 Å². The predicted molar refractivity (Wildman–Crippen MR) is 70.2 cm³/mol. The number of primary amides is 1. The largest absolute Gasteiger partial charge is 0.479 e. The second-order valence-corrected chi connectivity index (χ2v) is 3.83. The van der Waals surface area contributed by atoms with Crippen LogP contribution < -0.4 is 20.9 Å². The number of nitrogens with two attached hydrogens (primary N) is 2. The van der Waals surface area contributed by atoms with Gasteiger partial charge in [0.1, 0.15) is 17.1 Å². The highest BCUT2D eigenvalue weighted by atomic mass is 19.1. The van der Waals surface area contributed by atoms with Gasteiger partial charge in [-0.1, -0.05) is 6.07 Å². The first kappa shape index (κ1) is 13.6. The number of hydrogen-bond acceptors (Lipinski definition) is 5. The molecule has 0 spiro atoms. The fourth-order valence-electron chi connectivity index (χ4n) is 1.60. The van der Waals surface area contributed by atoms with Crippen LogP contribution >= 0.6 is 0 Å². The quantitative estimate of drug-likeness (QED) is 0.885. The monoisotopic (exact) mass is 277 g/mol. The number of rotatable bonds is 4. The van der Waals surface area contributed by atoms with Crippen LogP contribution in [0.4, 0.5) is 10.1 Å². The van der Waals surface area contributed by atoms with Crippen LogP contribution in [-0.4, -0.2) is 18.0 Å². The lowest BCUT2D eigenvalue weighted by Crippen LogP contribution is -2.14. The van der Waals surface area contributed by atoms with Crippen molar-refractivity contribution in [3.63, 3.8) is 0 Å². The SMILES string of the molecule is COc1nc(Oc2cccc(F)c2C(N)=O)ccc1N. The number of methoxy groups -OCH3 is 1. The molecule has 2 rings (SSSR count). The zero-order valence-electron chi connectivity index (χ0n) is 10.6. The molecule has 0 saturated carbocycles. The number of amides is 1. The summed E-state index contributed by atoms with van der Waals surface area (Å²) in [7, 11) is 1.40. The van der Waals surface area contributed by atoms with Crippen molar-refractivity contribution in [1.82, 2.24) is 4.98 Å². The maximum absolute atomic E-state index is 13.6. The van der Waals surface area contributed by atoms with Crippen molar-refractivity contribution in [3.05, 3.63) is 41.7 Å². The molecule has 104 valence electrons. The van der Waals surface area contributed by atoms with Crippen LogP contribution in [0.5, 0.6) is 17.5 Å². The summed E-state index contributed by atoms with van der Waals surface area (Å²) >= 11 is 0.